The van der Waals surface area contributed by atoms with E-state index in [-0.39, 0.29) is 5.25 Å². The minimum absolute atomic E-state index is 0.0411. The zero-order valence-electron chi connectivity index (χ0n) is 13.4. The topological polar surface area (TPSA) is 27.1 Å². The number of halogens is 4. The molecule has 0 aliphatic heterocycles. The van der Waals surface area contributed by atoms with Crippen molar-refractivity contribution in [3.05, 3.63) is 75.2 Å². The monoisotopic (exact) mass is 446 g/mol. The fourth-order valence-electron chi connectivity index (χ4n) is 2.32. The van der Waals surface area contributed by atoms with Crippen LogP contribution in [-0.4, -0.2) is 21.4 Å². The average molecular weight is 448 g/mol. The van der Waals surface area contributed by atoms with Crippen LogP contribution in [-0.2, 0) is 6.54 Å². The molecule has 0 radical (unpaired) electrons. The molecule has 0 saturated heterocycles. The van der Waals surface area contributed by atoms with Gasteiger partial charge in [-0.2, -0.15) is 0 Å². The molecule has 0 saturated carbocycles. The SMILES string of the molecule is Clc1cc(Cl)cc(OCC(Cn2ccnc2)Sc2c(Cl)cccc2Cl)c1. The zero-order chi connectivity index (χ0) is 18.5. The highest BCUT2D eigenvalue weighted by Gasteiger charge is 2.17. The molecule has 1 atom stereocenters. The first kappa shape index (κ1) is 19.7. The molecular formula is C18H14Cl4N2OS. The lowest BCUT2D eigenvalue weighted by atomic mass is 10.3. The minimum atomic E-state index is 0.0411. The van der Waals surface area contributed by atoms with Crippen molar-refractivity contribution < 1.29 is 4.74 Å². The molecule has 1 aromatic heterocycles. The molecule has 3 rings (SSSR count). The van der Waals surface area contributed by atoms with E-state index in [0.717, 1.165) is 4.90 Å². The Morgan fingerprint density at radius 2 is 1.73 bits per heavy atom. The Morgan fingerprint density at radius 3 is 2.35 bits per heavy atom. The maximum Gasteiger partial charge on any atom is 0.122 e. The molecule has 0 aliphatic rings. The van der Waals surface area contributed by atoms with Crippen molar-refractivity contribution in [2.24, 2.45) is 0 Å². The highest BCUT2D eigenvalue weighted by molar-refractivity contribution is 8.00. The highest BCUT2D eigenvalue weighted by Crippen LogP contribution is 2.37. The molecule has 3 nitrogen and oxygen atoms in total. The minimum Gasteiger partial charge on any atom is -0.492 e. The number of nitrogens with zero attached hydrogens (tertiary/aromatic N) is 2. The Labute approximate surface area is 176 Å². The Hall–Kier alpha value is -1.04. The van der Waals surface area contributed by atoms with E-state index < -0.39 is 0 Å². The predicted molar refractivity (Wildman–Crippen MR) is 110 cm³/mol. The fraction of sp³-hybridized carbons (Fsp3) is 0.167. The normalized spacial score (nSPS) is 12.2. The number of hydrogen-bond donors (Lipinski definition) is 0. The van der Waals surface area contributed by atoms with Gasteiger partial charge in [0.25, 0.3) is 0 Å². The van der Waals surface area contributed by atoms with E-state index in [1.807, 2.05) is 29.0 Å². The molecule has 3 aromatic rings. The Morgan fingerprint density at radius 1 is 1.04 bits per heavy atom. The lowest BCUT2D eigenvalue weighted by molar-refractivity contribution is 0.308. The van der Waals surface area contributed by atoms with Gasteiger partial charge in [-0.25, -0.2) is 4.98 Å². The second kappa shape index (κ2) is 9.25. The third-order valence-corrected chi connectivity index (χ3v) is 6.03. The molecule has 0 fully saturated rings. The van der Waals surface area contributed by atoms with Crippen LogP contribution in [0.5, 0.6) is 5.75 Å². The summed E-state index contributed by atoms with van der Waals surface area (Å²) in [6.07, 6.45) is 5.40. The van der Waals surface area contributed by atoms with E-state index in [4.69, 9.17) is 51.1 Å². The van der Waals surface area contributed by atoms with Gasteiger partial charge in [-0.3, -0.25) is 0 Å². The van der Waals surface area contributed by atoms with Crippen LogP contribution in [0.1, 0.15) is 0 Å². The van der Waals surface area contributed by atoms with Crippen molar-refractivity contribution in [3.8, 4) is 5.75 Å². The number of thioether (sulfide) groups is 1. The molecule has 1 unspecified atom stereocenters. The highest BCUT2D eigenvalue weighted by atomic mass is 35.5. The fourth-order valence-corrected chi connectivity index (χ4v) is 4.56. The molecule has 0 amide bonds. The quantitative estimate of drug-likeness (QED) is 0.375. The molecule has 26 heavy (non-hydrogen) atoms. The third-order valence-electron chi connectivity index (χ3n) is 3.45. The lowest BCUT2D eigenvalue weighted by Crippen LogP contribution is -2.20. The summed E-state index contributed by atoms with van der Waals surface area (Å²) in [6, 6.07) is 10.6. The standard InChI is InChI=1S/C18H14Cl4N2OS/c19-12-6-13(20)8-14(7-12)25-10-15(9-24-5-4-23-11-24)26-18-16(21)2-1-3-17(18)22/h1-8,11,15H,9-10H2. The van der Waals surface area contributed by atoms with Crippen molar-refractivity contribution >= 4 is 58.2 Å². The van der Waals surface area contributed by atoms with Gasteiger partial charge in [-0.1, -0.05) is 52.5 Å². The molecule has 0 aliphatic carbocycles. The summed E-state index contributed by atoms with van der Waals surface area (Å²) in [4.78, 5) is 4.91. The summed E-state index contributed by atoms with van der Waals surface area (Å²) in [7, 11) is 0. The van der Waals surface area contributed by atoms with Crippen molar-refractivity contribution in [3.63, 3.8) is 0 Å². The summed E-state index contributed by atoms with van der Waals surface area (Å²) in [6.45, 7) is 1.10. The molecule has 136 valence electrons. The van der Waals surface area contributed by atoms with Gasteiger partial charge in [-0.15, -0.1) is 11.8 Å². The van der Waals surface area contributed by atoms with Crippen molar-refractivity contribution in [2.45, 2.75) is 16.7 Å². The van der Waals surface area contributed by atoms with Crippen LogP contribution in [0.25, 0.3) is 0 Å². The van der Waals surface area contributed by atoms with Crippen LogP contribution in [0.15, 0.2) is 60.0 Å². The summed E-state index contributed by atoms with van der Waals surface area (Å²) in [5, 5.41) is 2.33. The molecule has 1 heterocycles. The van der Waals surface area contributed by atoms with Gasteiger partial charge in [-0.05, 0) is 30.3 Å². The molecule has 0 bridgehead atoms. The number of rotatable bonds is 7. The van der Waals surface area contributed by atoms with Crippen LogP contribution < -0.4 is 4.74 Å². The summed E-state index contributed by atoms with van der Waals surface area (Å²) >= 11 is 26.3. The molecule has 0 spiro atoms. The van der Waals surface area contributed by atoms with Crippen LogP contribution >= 0.6 is 58.2 Å². The van der Waals surface area contributed by atoms with Gasteiger partial charge in [0.2, 0.25) is 0 Å². The maximum atomic E-state index is 6.31. The van der Waals surface area contributed by atoms with Crippen LogP contribution in [0, 0.1) is 0 Å². The summed E-state index contributed by atoms with van der Waals surface area (Å²) < 4.78 is 7.90. The van der Waals surface area contributed by atoms with Gasteiger partial charge in [0.05, 0.1) is 21.6 Å². The Kier molecular flexibility index (Phi) is 7.01. The van der Waals surface area contributed by atoms with E-state index in [1.165, 1.54) is 0 Å². The number of ether oxygens (including phenoxy) is 1. The van der Waals surface area contributed by atoms with Crippen LogP contribution in [0.3, 0.4) is 0 Å². The third kappa shape index (κ3) is 5.48. The molecule has 8 heteroatoms. The first-order valence-corrected chi connectivity index (χ1v) is 10.1. The number of aromatic nitrogens is 2. The van der Waals surface area contributed by atoms with E-state index in [9.17, 15) is 0 Å². The Bertz CT molecular complexity index is 833. The smallest absolute Gasteiger partial charge is 0.122 e. The van der Waals surface area contributed by atoms with E-state index >= 15 is 0 Å². The van der Waals surface area contributed by atoms with Crippen LogP contribution in [0.4, 0.5) is 0 Å². The lowest BCUT2D eigenvalue weighted by Gasteiger charge is -2.19. The van der Waals surface area contributed by atoms with Crippen molar-refractivity contribution in [2.75, 3.05) is 6.61 Å². The largest absolute Gasteiger partial charge is 0.492 e. The molecule has 2 aromatic carbocycles. The van der Waals surface area contributed by atoms with Gasteiger partial charge < -0.3 is 9.30 Å². The second-order valence-electron chi connectivity index (χ2n) is 5.47. The maximum absolute atomic E-state index is 6.31. The predicted octanol–water partition coefficient (Wildman–Crippen LogP) is 6.74. The van der Waals surface area contributed by atoms with E-state index in [2.05, 4.69) is 4.98 Å². The Balaban J connectivity index is 1.76. The number of benzene rings is 2. The first-order chi connectivity index (χ1) is 12.5. The number of hydrogen-bond acceptors (Lipinski definition) is 3. The molecular weight excluding hydrogens is 434 g/mol. The van der Waals surface area contributed by atoms with Gasteiger partial charge in [0.1, 0.15) is 12.4 Å². The van der Waals surface area contributed by atoms with Crippen LogP contribution in [0.2, 0.25) is 20.1 Å². The number of imidazole rings is 1. The summed E-state index contributed by atoms with van der Waals surface area (Å²) in [5.74, 6) is 0.615. The van der Waals surface area contributed by atoms with Crippen molar-refractivity contribution in [1.82, 2.24) is 9.55 Å². The zero-order valence-corrected chi connectivity index (χ0v) is 17.3. The van der Waals surface area contributed by atoms with E-state index in [1.54, 1.807) is 42.5 Å². The van der Waals surface area contributed by atoms with E-state index in [0.29, 0.717) is 39.0 Å². The van der Waals surface area contributed by atoms with Gasteiger partial charge in [0.15, 0.2) is 0 Å². The van der Waals surface area contributed by atoms with Crippen molar-refractivity contribution in [1.29, 1.82) is 0 Å². The summed E-state index contributed by atoms with van der Waals surface area (Å²) in [5.41, 5.74) is 0. The molecule has 0 N–H and O–H groups in total. The second-order valence-corrected chi connectivity index (χ2v) is 8.46. The average Bonchev–Trinajstić information content (AvgIpc) is 3.08. The van der Waals surface area contributed by atoms with Gasteiger partial charge in [0, 0.05) is 33.9 Å². The van der Waals surface area contributed by atoms with Gasteiger partial charge >= 0.3 is 0 Å². The first-order valence-electron chi connectivity index (χ1n) is 7.66.